The van der Waals surface area contributed by atoms with Gasteiger partial charge < -0.3 is 5.73 Å². The average Bonchev–Trinajstić information content (AvgIpc) is 2.14. The molecule has 0 bridgehead atoms. The van der Waals surface area contributed by atoms with Crippen LogP contribution in [-0.4, -0.2) is 5.75 Å². The van der Waals surface area contributed by atoms with Crippen LogP contribution >= 0.6 is 21.6 Å². The number of hydrogen-bond donors (Lipinski definition) is 1. The second-order valence-corrected chi connectivity index (χ2v) is 5.20. The van der Waals surface area contributed by atoms with Crippen molar-refractivity contribution in [1.82, 2.24) is 0 Å². The molecule has 2 N–H and O–H groups in total. The summed E-state index contributed by atoms with van der Waals surface area (Å²) in [5, 5.41) is 0.889. The maximum absolute atomic E-state index is 5.73. The number of rotatable bonds is 7. The maximum Gasteiger partial charge on any atom is 0.0763 e. The molecule has 0 fully saturated rings. The Bertz CT molecular complexity index is 164. The molecule has 0 aliphatic heterocycles. The van der Waals surface area contributed by atoms with E-state index in [2.05, 4.69) is 6.92 Å². The molecule has 0 radical (unpaired) electrons. The third-order valence-electron chi connectivity index (χ3n) is 1.44. The molecule has 3 heteroatoms. The van der Waals surface area contributed by atoms with E-state index in [1.165, 1.54) is 25.0 Å². The molecular weight excluding hydrogens is 198 g/mol. The van der Waals surface area contributed by atoms with Crippen LogP contribution in [0.3, 0.4) is 0 Å². The van der Waals surface area contributed by atoms with Gasteiger partial charge in [0.25, 0.3) is 0 Å². The first-order chi connectivity index (χ1) is 6.31. The van der Waals surface area contributed by atoms with Gasteiger partial charge in [-0.2, -0.15) is 0 Å². The first kappa shape index (κ1) is 13.0. The van der Waals surface area contributed by atoms with Gasteiger partial charge >= 0.3 is 0 Å². The van der Waals surface area contributed by atoms with Crippen LogP contribution < -0.4 is 5.73 Å². The third kappa shape index (κ3) is 9.90. The second kappa shape index (κ2) is 10.1. The minimum Gasteiger partial charge on any atom is -0.393 e. The number of allylic oxidation sites excluding steroid dienone is 3. The van der Waals surface area contributed by atoms with E-state index in [0.29, 0.717) is 0 Å². The van der Waals surface area contributed by atoms with Crippen molar-refractivity contribution in [1.29, 1.82) is 0 Å². The molecule has 1 nitrogen and oxygen atoms in total. The van der Waals surface area contributed by atoms with Gasteiger partial charge in [-0.3, -0.25) is 0 Å². The largest absolute Gasteiger partial charge is 0.393 e. The lowest BCUT2D eigenvalue weighted by molar-refractivity contribution is 0.780. The highest BCUT2D eigenvalue weighted by atomic mass is 33.1. The Labute approximate surface area is 89.6 Å². The molecule has 0 unspecified atom stereocenters. The van der Waals surface area contributed by atoms with Crippen LogP contribution in [0.1, 0.15) is 33.1 Å². The molecule has 0 aromatic rings. The van der Waals surface area contributed by atoms with E-state index in [1.54, 1.807) is 10.8 Å². The summed E-state index contributed by atoms with van der Waals surface area (Å²) in [6.45, 7) is 4.21. The van der Waals surface area contributed by atoms with Crippen molar-refractivity contribution in [3.05, 3.63) is 23.3 Å². The predicted molar refractivity (Wildman–Crippen MR) is 66.7 cm³/mol. The van der Waals surface area contributed by atoms with E-state index in [1.807, 2.05) is 35.9 Å². The van der Waals surface area contributed by atoms with E-state index in [4.69, 9.17) is 5.73 Å². The Morgan fingerprint density at radius 3 is 2.77 bits per heavy atom. The van der Waals surface area contributed by atoms with Crippen LogP contribution in [-0.2, 0) is 0 Å². The third-order valence-corrected chi connectivity index (χ3v) is 3.77. The predicted octanol–water partition coefficient (Wildman–Crippen LogP) is 3.93. The summed E-state index contributed by atoms with van der Waals surface area (Å²) in [6, 6.07) is 0. The normalized spacial score (nSPS) is 12.6. The number of nitrogens with two attached hydrogens (primary N) is 1. The van der Waals surface area contributed by atoms with Gasteiger partial charge in [0.2, 0.25) is 0 Å². The molecule has 0 spiro atoms. The van der Waals surface area contributed by atoms with Crippen molar-refractivity contribution in [2.24, 2.45) is 5.73 Å². The van der Waals surface area contributed by atoms with Crippen molar-refractivity contribution in [3.63, 3.8) is 0 Å². The summed E-state index contributed by atoms with van der Waals surface area (Å²) in [4.78, 5) is 0. The van der Waals surface area contributed by atoms with Crippen LogP contribution in [0.25, 0.3) is 0 Å². The highest BCUT2D eigenvalue weighted by Crippen LogP contribution is 2.27. The first-order valence-electron chi connectivity index (χ1n) is 4.69. The molecule has 76 valence electrons. The summed E-state index contributed by atoms with van der Waals surface area (Å²) in [6.07, 6.45) is 9.80. The number of hydrogen-bond acceptors (Lipinski definition) is 3. The lowest BCUT2D eigenvalue weighted by atomic mass is 10.3. The van der Waals surface area contributed by atoms with Crippen LogP contribution in [0, 0.1) is 0 Å². The Balaban J connectivity index is 3.31. The molecule has 0 amide bonds. The van der Waals surface area contributed by atoms with Crippen LogP contribution in [0.15, 0.2) is 23.3 Å². The zero-order valence-corrected chi connectivity index (χ0v) is 10.1. The molecule has 0 saturated carbocycles. The maximum atomic E-state index is 5.73. The lowest BCUT2D eigenvalue weighted by Crippen LogP contribution is -1.88. The van der Waals surface area contributed by atoms with E-state index < -0.39 is 0 Å². The van der Waals surface area contributed by atoms with Gasteiger partial charge in [0, 0.05) is 5.75 Å². The smallest absolute Gasteiger partial charge is 0.0763 e. The van der Waals surface area contributed by atoms with E-state index in [9.17, 15) is 0 Å². The minimum absolute atomic E-state index is 0.889. The van der Waals surface area contributed by atoms with Gasteiger partial charge in [0.05, 0.1) is 5.03 Å². The topological polar surface area (TPSA) is 26.0 Å². The minimum atomic E-state index is 0.889. The first-order valence-corrected chi connectivity index (χ1v) is 7.01. The van der Waals surface area contributed by atoms with Gasteiger partial charge in [0.1, 0.15) is 0 Å². The van der Waals surface area contributed by atoms with Gasteiger partial charge in [0.15, 0.2) is 0 Å². The Morgan fingerprint density at radius 2 is 2.15 bits per heavy atom. The number of unbranched alkanes of at least 4 members (excludes halogenated alkanes) is 2. The highest BCUT2D eigenvalue weighted by Gasteiger charge is 1.91. The quantitative estimate of drug-likeness (QED) is 0.397. The summed E-state index contributed by atoms with van der Waals surface area (Å²) < 4.78 is 0. The highest BCUT2D eigenvalue weighted by molar-refractivity contribution is 8.78. The Morgan fingerprint density at radius 1 is 1.38 bits per heavy atom. The summed E-state index contributed by atoms with van der Waals surface area (Å²) in [5.74, 6) is 1.20. The van der Waals surface area contributed by atoms with Crippen molar-refractivity contribution in [2.75, 3.05) is 5.75 Å². The van der Waals surface area contributed by atoms with Crippen molar-refractivity contribution in [3.8, 4) is 0 Å². The van der Waals surface area contributed by atoms with Gasteiger partial charge in [-0.05, 0) is 30.2 Å². The van der Waals surface area contributed by atoms with Crippen LogP contribution in [0.4, 0.5) is 0 Å². The van der Waals surface area contributed by atoms with Gasteiger partial charge in [-0.15, -0.1) is 0 Å². The SMILES string of the molecule is C/C=C\C=C(/N)SSCCCCC. The second-order valence-electron chi connectivity index (χ2n) is 2.71. The fraction of sp³-hybridized carbons (Fsp3) is 0.600. The van der Waals surface area contributed by atoms with Crippen molar-refractivity contribution < 1.29 is 0 Å². The van der Waals surface area contributed by atoms with Gasteiger partial charge in [-0.25, -0.2) is 0 Å². The average molecular weight is 217 g/mol. The lowest BCUT2D eigenvalue weighted by Gasteiger charge is -1.99. The molecule has 0 rings (SSSR count). The summed E-state index contributed by atoms with van der Waals surface area (Å²) in [5.41, 5.74) is 5.73. The van der Waals surface area contributed by atoms with Gasteiger partial charge in [-0.1, -0.05) is 42.7 Å². The standard InChI is InChI=1S/C10H19NS2/c1-3-5-7-9-12-13-10(11)8-6-4-2/h4,6,8H,3,5,7,9,11H2,1-2H3/b6-4-,10-8+. The summed E-state index contributed by atoms with van der Waals surface area (Å²) >= 11 is 0. The molecule has 0 atom stereocenters. The molecule has 0 aliphatic carbocycles. The molecule has 0 aromatic carbocycles. The molecular formula is C10H19NS2. The van der Waals surface area contributed by atoms with Crippen molar-refractivity contribution >= 4 is 21.6 Å². The zero-order chi connectivity index (χ0) is 9.94. The van der Waals surface area contributed by atoms with Crippen LogP contribution in [0.5, 0.6) is 0 Å². The fourth-order valence-electron chi connectivity index (χ4n) is 0.740. The summed E-state index contributed by atoms with van der Waals surface area (Å²) in [7, 11) is 3.51. The van der Waals surface area contributed by atoms with E-state index in [-0.39, 0.29) is 0 Å². The van der Waals surface area contributed by atoms with E-state index >= 15 is 0 Å². The zero-order valence-electron chi connectivity index (χ0n) is 8.45. The molecule has 0 saturated heterocycles. The van der Waals surface area contributed by atoms with Crippen LogP contribution in [0.2, 0.25) is 0 Å². The molecule has 0 aromatic heterocycles. The molecule has 0 aliphatic rings. The molecule has 0 heterocycles. The Hall–Kier alpha value is -0.0200. The Kier molecular flexibility index (Phi) is 10.0. The monoisotopic (exact) mass is 217 g/mol. The molecule has 13 heavy (non-hydrogen) atoms. The van der Waals surface area contributed by atoms with Crippen molar-refractivity contribution in [2.45, 2.75) is 33.1 Å². The van der Waals surface area contributed by atoms with E-state index in [0.717, 1.165) is 5.03 Å². The fourth-order valence-corrected chi connectivity index (χ4v) is 2.59.